The van der Waals surface area contributed by atoms with Crippen LogP contribution in [0.4, 0.5) is 0 Å². The van der Waals surface area contributed by atoms with Gasteiger partial charge in [0.25, 0.3) is 0 Å². The summed E-state index contributed by atoms with van der Waals surface area (Å²) < 4.78 is 4.92. The normalized spacial score (nSPS) is 20.6. The van der Waals surface area contributed by atoms with Crippen molar-refractivity contribution in [1.29, 1.82) is 0 Å². The second kappa shape index (κ2) is 8.21. The minimum Gasteiger partial charge on any atom is -0.469 e. The van der Waals surface area contributed by atoms with Crippen LogP contribution in [0.1, 0.15) is 19.7 Å². The molecular formula is C19H27N5O2. The highest BCUT2D eigenvalue weighted by Gasteiger charge is 2.36. The number of benzene rings is 1. The number of esters is 1. The van der Waals surface area contributed by atoms with Crippen LogP contribution in [-0.4, -0.2) is 60.1 Å². The summed E-state index contributed by atoms with van der Waals surface area (Å²) in [5.41, 5.74) is 2.03. The SMILES string of the molecule is CCNC(=NCCc1nc2ccccc2[nH]1)N1CC(C)C(C(=O)OC)C1. The Labute approximate surface area is 153 Å². The molecule has 3 rings (SSSR count). The average molecular weight is 357 g/mol. The van der Waals surface area contributed by atoms with Crippen LogP contribution >= 0.6 is 0 Å². The summed E-state index contributed by atoms with van der Waals surface area (Å²) in [5, 5.41) is 3.33. The van der Waals surface area contributed by atoms with Crippen molar-refractivity contribution in [2.45, 2.75) is 20.3 Å². The second-order valence-corrected chi connectivity index (χ2v) is 6.70. The van der Waals surface area contributed by atoms with Gasteiger partial charge in [0.1, 0.15) is 5.82 Å². The predicted octanol–water partition coefficient (Wildman–Crippen LogP) is 1.81. The third kappa shape index (κ3) is 3.98. The molecule has 2 heterocycles. The van der Waals surface area contributed by atoms with Gasteiger partial charge in [0.05, 0.1) is 24.1 Å². The van der Waals surface area contributed by atoms with Crippen molar-refractivity contribution in [2.75, 3.05) is 33.3 Å². The third-order valence-corrected chi connectivity index (χ3v) is 4.80. The van der Waals surface area contributed by atoms with Crippen LogP contribution in [-0.2, 0) is 16.0 Å². The summed E-state index contributed by atoms with van der Waals surface area (Å²) in [6.07, 6.45) is 0.743. The Morgan fingerprint density at radius 2 is 2.23 bits per heavy atom. The van der Waals surface area contributed by atoms with Crippen LogP contribution in [0.15, 0.2) is 29.3 Å². The number of fused-ring (bicyclic) bond motifs is 1. The summed E-state index contributed by atoms with van der Waals surface area (Å²) in [4.78, 5) is 26.7. The number of nitrogens with zero attached hydrogens (tertiary/aromatic N) is 3. The minimum atomic E-state index is -0.141. The third-order valence-electron chi connectivity index (χ3n) is 4.80. The first-order valence-corrected chi connectivity index (χ1v) is 9.17. The van der Waals surface area contributed by atoms with Crippen molar-refractivity contribution in [3.63, 3.8) is 0 Å². The van der Waals surface area contributed by atoms with Gasteiger partial charge in [-0.1, -0.05) is 19.1 Å². The number of H-pyrrole nitrogens is 1. The fraction of sp³-hybridized carbons (Fsp3) is 0.526. The molecule has 0 radical (unpaired) electrons. The van der Waals surface area contributed by atoms with Crippen molar-refractivity contribution in [1.82, 2.24) is 20.2 Å². The molecule has 140 valence electrons. The smallest absolute Gasteiger partial charge is 0.310 e. The molecule has 1 aromatic carbocycles. The maximum Gasteiger partial charge on any atom is 0.310 e. The van der Waals surface area contributed by atoms with E-state index in [4.69, 9.17) is 9.73 Å². The first-order valence-electron chi connectivity index (χ1n) is 9.17. The van der Waals surface area contributed by atoms with E-state index >= 15 is 0 Å². The van der Waals surface area contributed by atoms with Gasteiger partial charge in [-0.25, -0.2) is 4.98 Å². The van der Waals surface area contributed by atoms with Gasteiger partial charge in [0, 0.05) is 32.6 Å². The van der Waals surface area contributed by atoms with E-state index in [-0.39, 0.29) is 17.8 Å². The number of aromatic amines is 1. The van der Waals surface area contributed by atoms with Gasteiger partial charge in [-0.2, -0.15) is 0 Å². The summed E-state index contributed by atoms with van der Waals surface area (Å²) in [6, 6.07) is 8.01. The number of ether oxygens (including phenoxy) is 1. The van der Waals surface area contributed by atoms with Crippen LogP contribution in [0.5, 0.6) is 0 Å². The molecule has 7 heteroatoms. The molecule has 2 N–H and O–H groups in total. The van der Waals surface area contributed by atoms with Crippen molar-refractivity contribution in [3.8, 4) is 0 Å². The molecule has 1 aliphatic rings. The fourth-order valence-electron chi connectivity index (χ4n) is 3.42. The quantitative estimate of drug-likeness (QED) is 0.484. The second-order valence-electron chi connectivity index (χ2n) is 6.70. The maximum atomic E-state index is 11.9. The van der Waals surface area contributed by atoms with Crippen LogP contribution in [0.25, 0.3) is 11.0 Å². The molecule has 1 fully saturated rings. The lowest BCUT2D eigenvalue weighted by Crippen LogP contribution is -2.40. The number of likely N-dealkylation sites (tertiary alicyclic amines) is 1. The molecule has 1 saturated heterocycles. The molecule has 0 aliphatic carbocycles. The predicted molar refractivity (Wildman–Crippen MR) is 102 cm³/mol. The number of carbonyl (C=O) groups is 1. The molecule has 0 spiro atoms. The number of imidazole rings is 1. The van der Waals surface area contributed by atoms with Gasteiger partial charge in [-0.05, 0) is 25.0 Å². The van der Waals surface area contributed by atoms with Crippen LogP contribution in [0, 0.1) is 11.8 Å². The Bertz CT molecular complexity index is 752. The van der Waals surface area contributed by atoms with Crippen molar-refractivity contribution < 1.29 is 9.53 Å². The number of hydrogen-bond donors (Lipinski definition) is 2. The molecule has 26 heavy (non-hydrogen) atoms. The molecule has 0 bridgehead atoms. The molecule has 0 amide bonds. The first kappa shape index (κ1) is 18.2. The average Bonchev–Trinajstić information content (AvgIpc) is 3.23. The van der Waals surface area contributed by atoms with Crippen molar-refractivity contribution >= 4 is 23.0 Å². The number of carbonyl (C=O) groups excluding carboxylic acids is 1. The van der Waals surface area contributed by atoms with Crippen LogP contribution in [0.3, 0.4) is 0 Å². The Hall–Kier alpha value is -2.57. The van der Waals surface area contributed by atoms with E-state index in [1.165, 1.54) is 7.11 Å². The highest BCUT2D eigenvalue weighted by Crippen LogP contribution is 2.24. The van der Waals surface area contributed by atoms with Gasteiger partial charge >= 0.3 is 5.97 Å². The summed E-state index contributed by atoms with van der Waals surface area (Å²) in [7, 11) is 1.45. The molecule has 1 aromatic heterocycles. The lowest BCUT2D eigenvalue weighted by atomic mass is 9.99. The number of methoxy groups -OCH3 is 1. The van der Waals surface area contributed by atoms with E-state index < -0.39 is 0 Å². The van der Waals surface area contributed by atoms with Crippen LogP contribution < -0.4 is 5.32 Å². The monoisotopic (exact) mass is 357 g/mol. The molecule has 7 nitrogen and oxygen atoms in total. The lowest BCUT2D eigenvalue weighted by Gasteiger charge is -2.21. The Morgan fingerprint density at radius 1 is 1.42 bits per heavy atom. The van der Waals surface area contributed by atoms with E-state index in [1.54, 1.807) is 0 Å². The Balaban J connectivity index is 1.64. The van der Waals surface area contributed by atoms with E-state index in [9.17, 15) is 4.79 Å². The summed E-state index contributed by atoms with van der Waals surface area (Å²) in [6.45, 7) is 7.00. The van der Waals surface area contributed by atoms with E-state index in [1.807, 2.05) is 31.2 Å². The Kier molecular flexibility index (Phi) is 5.75. The minimum absolute atomic E-state index is 0.0979. The van der Waals surface area contributed by atoms with E-state index in [2.05, 4.69) is 27.1 Å². The summed E-state index contributed by atoms with van der Waals surface area (Å²) >= 11 is 0. The zero-order valence-electron chi connectivity index (χ0n) is 15.7. The van der Waals surface area contributed by atoms with Crippen molar-refractivity contribution in [3.05, 3.63) is 30.1 Å². The number of aromatic nitrogens is 2. The molecule has 1 aliphatic heterocycles. The first-order chi connectivity index (χ1) is 12.6. The number of para-hydroxylation sites is 2. The van der Waals surface area contributed by atoms with Crippen LogP contribution in [0.2, 0.25) is 0 Å². The highest BCUT2D eigenvalue weighted by atomic mass is 16.5. The standard InChI is InChI=1S/C19H27N5O2/c1-4-20-19(24-11-13(2)14(12-24)18(25)26-3)21-10-9-17-22-15-7-5-6-8-16(15)23-17/h5-8,13-14H,4,9-12H2,1-3H3,(H,20,21)(H,22,23). The molecule has 0 saturated carbocycles. The number of hydrogen-bond acceptors (Lipinski definition) is 4. The van der Waals surface area contributed by atoms with E-state index in [0.29, 0.717) is 13.1 Å². The molecule has 2 atom stereocenters. The topological polar surface area (TPSA) is 82.6 Å². The molecular weight excluding hydrogens is 330 g/mol. The molecule has 2 unspecified atom stereocenters. The zero-order chi connectivity index (χ0) is 18.5. The lowest BCUT2D eigenvalue weighted by molar-refractivity contribution is -0.145. The number of rotatable bonds is 5. The zero-order valence-corrected chi connectivity index (χ0v) is 15.7. The van der Waals surface area contributed by atoms with E-state index in [0.717, 1.165) is 42.3 Å². The van der Waals surface area contributed by atoms with Gasteiger partial charge in [0.2, 0.25) is 0 Å². The molecule has 2 aromatic rings. The van der Waals surface area contributed by atoms with Gasteiger partial charge in [-0.15, -0.1) is 0 Å². The highest BCUT2D eigenvalue weighted by molar-refractivity contribution is 5.82. The maximum absolute atomic E-state index is 11.9. The van der Waals surface area contributed by atoms with Crippen molar-refractivity contribution in [2.24, 2.45) is 16.8 Å². The fourth-order valence-corrected chi connectivity index (χ4v) is 3.42. The van der Waals surface area contributed by atoms with Gasteiger partial charge in [0.15, 0.2) is 5.96 Å². The largest absolute Gasteiger partial charge is 0.469 e. The number of aliphatic imine (C=N–C) groups is 1. The van der Waals surface area contributed by atoms with Gasteiger partial charge in [-0.3, -0.25) is 9.79 Å². The number of nitrogens with one attached hydrogen (secondary N) is 2. The Morgan fingerprint density at radius 3 is 2.96 bits per heavy atom. The summed E-state index contributed by atoms with van der Waals surface area (Å²) in [5.74, 6) is 1.80. The van der Waals surface area contributed by atoms with Gasteiger partial charge < -0.3 is 19.9 Å². The number of guanidine groups is 1.